The maximum Gasteiger partial charge on any atom is 2.00 e. The first-order valence-corrected chi connectivity index (χ1v) is 17.9. The van der Waals surface area contributed by atoms with Crippen LogP contribution in [-0.4, -0.2) is 26.0 Å². The Morgan fingerprint density at radius 3 is 2.33 bits per heavy atom. The van der Waals surface area contributed by atoms with Gasteiger partial charge in [0.2, 0.25) is 0 Å². The first-order chi connectivity index (χ1) is 23.9. The molecule has 7 heteroatoms. The summed E-state index contributed by atoms with van der Waals surface area (Å²) in [5.74, 6) is 1.82. The topological polar surface area (TPSA) is 61.5 Å². The second-order valence-corrected chi connectivity index (χ2v) is 16.6. The van der Waals surface area contributed by atoms with Gasteiger partial charge >= 0.3 is 21.1 Å². The van der Waals surface area contributed by atoms with Crippen molar-refractivity contribution in [2.24, 2.45) is 4.99 Å². The molecule has 0 N–H and O–H groups in total. The number of aromatic nitrogens is 3. The molecule has 0 unspecified atom stereocenters. The van der Waals surface area contributed by atoms with Crippen LogP contribution in [0.25, 0.3) is 27.6 Å². The van der Waals surface area contributed by atoms with Crippen molar-refractivity contribution in [3.8, 4) is 17.2 Å². The largest absolute Gasteiger partial charge is 2.00 e. The minimum Gasteiger partial charge on any atom is -0.510 e. The van der Waals surface area contributed by atoms with Crippen molar-refractivity contribution in [3.05, 3.63) is 123 Å². The number of pyridine rings is 2. The van der Waals surface area contributed by atoms with Gasteiger partial charge < -0.3 is 14.0 Å². The van der Waals surface area contributed by atoms with Gasteiger partial charge in [-0.25, -0.2) is 4.98 Å². The molecule has 1 aliphatic heterocycles. The van der Waals surface area contributed by atoms with Gasteiger partial charge in [-0.3, -0.25) is 9.98 Å². The second kappa shape index (κ2) is 11.9. The van der Waals surface area contributed by atoms with E-state index in [0.29, 0.717) is 17.4 Å². The van der Waals surface area contributed by atoms with Gasteiger partial charge in [-0.05, 0) is 80.1 Å². The van der Waals surface area contributed by atoms with Crippen molar-refractivity contribution in [1.82, 2.24) is 14.5 Å². The molecule has 6 nitrogen and oxygen atoms in total. The van der Waals surface area contributed by atoms with Crippen molar-refractivity contribution in [2.45, 2.75) is 105 Å². The zero-order valence-electron chi connectivity index (χ0n) is 32.2. The molecular formula is C45H46N4O2Pt. The number of benzene rings is 3. The number of ether oxygens (including phenoxy) is 2. The Bertz CT molecular complexity index is 2490. The maximum absolute atomic E-state index is 7.00. The molecule has 0 spiro atoms. The molecule has 3 aromatic carbocycles. The molecule has 0 radical (unpaired) electrons. The summed E-state index contributed by atoms with van der Waals surface area (Å²) in [7, 11) is 0. The van der Waals surface area contributed by atoms with Crippen LogP contribution < -0.4 is 4.74 Å². The van der Waals surface area contributed by atoms with E-state index in [-0.39, 0.29) is 31.9 Å². The fourth-order valence-corrected chi connectivity index (χ4v) is 8.63. The molecule has 0 saturated carbocycles. The zero-order valence-corrected chi connectivity index (χ0v) is 34.5. The number of hydrogen-bond acceptors (Lipinski definition) is 5. The van der Waals surface area contributed by atoms with E-state index < -0.39 is 11.1 Å². The molecule has 3 aromatic heterocycles. The minimum atomic E-state index is -0.618. The third-order valence-electron chi connectivity index (χ3n) is 11.7. The average molecular weight is 870 g/mol. The van der Waals surface area contributed by atoms with Crippen LogP contribution in [0.2, 0.25) is 0 Å². The predicted molar refractivity (Wildman–Crippen MR) is 206 cm³/mol. The maximum atomic E-state index is 7.00. The van der Waals surface area contributed by atoms with E-state index in [2.05, 4.69) is 142 Å². The van der Waals surface area contributed by atoms with Gasteiger partial charge in [-0.2, -0.15) is 5.56 Å². The van der Waals surface area contributed by atoms with E-state index in [4.69, 9.17) is 24.4 Å². The van der Waals surface area contributed by atoms with Gasteiger partial charge in [0.25, 0.3) is 0 Å². The molecule has 0 fully saturated rings. The van der Waals surface area contributed by atoms with Gasteiger partial charge in [0, 0.05) is 45.3 Å². The molecule has 1 aliphatic carbocycles. The molecule has 0 bridgehead atoms. The summed E-state index contributed by atoms with van der Waals surface area (Å²) in [5.41, 5.74) is 10.9. The normalized spacial score (nSPS) is 20.3. The summed E-state index contributed by atoms with van der Waals surface area (Å²) < 4.78 is 15.9. The molecule has 0 saturated heterocycles. The molecule has 268 valence electrons. The van der Waals surface area contributed by atoms with E-state index in [0.717, 1.165) is 55.9 Å². The number of fused-ring (bicyclic) bond motifs is 6. The third kappa shape index (κ3) is 5.11. The number of nitrogens with zero attached hydrogens (tertiary/aromatic N) is 4. The molecule has 52 heavy (non-hydrogen) atoms. The van der Waals surface area contributed by atoms with Crippen molar-refractivity contribution in [2.75, 3.05) is 0 Å². The van der Waals surface area contributed by atoms with Crippen molar-refractivity contribution in [1.29, 1.82) is 0 Å². The number of aryl methyl sites for hydroxylation is 5. The number of aliphatic imine (C=N–C) groups is 1. The molecule has 0 amide bonds. The van der Waals surface area contributed by atoms with Gasteiger partial charge in [-0.1, -0.05) is 84.3 Å². The Labute approximate surface area is 322 Å². The van der Waals surface area contributed by atoms with Gasteiger partial charge in [-0.15, -0.1) is 29.8 Å². The van der Waals surface area contributed by atoms with E-state index in [1.54, 1.807) is 0 Å². The van der Waals surface area contributed by atoms with Crippen LogP contribution in [0.4, 0.5) is 0 Å². The van der Waals surface area contributed by atoms with Crippen molar-refractivity contribution < 1.29 is 30.5 Å². The molecule has 6 aromatic rings. The molecule has 4 heterocycles. The number of rotatable bonds is 4. The van der Waals surface area contributed by atoms with E-state index in [1.165, 1.54) is 22.1 Å². The van der Waals surface area contributed by atoms with Crippen molar-refractivity contribution >= 4 is 27.8 Å². The van der Waals surface area contributed by atoms with Crippen LogP contribution in [0.15, 0.2) is 65.8 Å². The quantitative estimate of drug-likeness (QED) is 0.166. The smallest absolute Gasteiger partial charge is 0.510 e. The summed E-state index contributed by atoms with van der Waals surface area (Å²) in [6.07, 6.45) is 1.85. The second-order valence-electron chi connectivity index (χ2n) is 16.6. The van der Waals surface area contributed by atoms with Gasteiger partial charge in [0.1, 0.15) is 22.7 Å². The standard InChI is InChI=1S/C45H46N4O2.Pt/c1-25-18-31(49-37-16-15-30(42(6,7)8)22-35(37)33-14-13-17-46-40(33)49)23-32(19-25)50-38-24-34(26(2)20-27(38)3)41-48-44(11)36-21-28(4)47-29(5)39(36)43(9,10)45(44,12)51-41;/h13-22H,1-12H3;/q-2;+2/t44-,45+;/m1./s1. The molecule has 2 atom stereocenters. The summed E-state index contributed by atoms with van der Waals surface area (Å²) in [4.78, 5) is 15.0. The Balaban J connectivity index is 0.00000420. The Hall–Kier alpha value is -4.28. The number of hydrogen-bond donors (Lipinski definition) is 0. The van der Waals surface area contributed by atoms with Crippen LogP contribution in [0.5, 0.6) is 11.5 Å². The van der Waals surface area contributed by atoms with Crippen LogP contribution in [0.1, 0.15) is 98.8 Å². The minimum absolute atomic E-state index is 0. The summed E-state index contributed by atoms with van der Waals surface area (Å²) in [6.45, 7) is 26.0. The van der Waals surface area contributed by atoms with Crippen LogP contribution in [0, 0.1) is 46.8 Å². The molecule has 8 rings (SSSR count). The van der Waals surface area contributed by atoms with Crippen molar-refractivity contribution in [3.63, 3.8) is 0 Å². The van der Waals surface area contributed by atoms with E-state index in [9.17, 15) is 0 Å². The Morgan fingerprint density at radius 1 is 0.846 bits per heavy atom. The third-order valence-corrected chi connectivity index (χ3v) is 11.7. The van der Waals surface area contributed by atoms with Crippen LogP contribution >= 0.6 is 0 Å². The SMILES string of the molecule is Cc1cc(Oc2[c-]c(C3=N[C@]4(C)c5cc(C)nc(C)c5C(C)(C)[C@]4(C)O3)c(C)cc2C)[c-]c(-n2c3ccc(C(C)(C)C)cc3c3cccnc32)c1.[Pt+2]. The zero-order chi connectivity index (χ0) is 36.4. The van der Waals surface area contributed by atoms with Gasteiger partial charge in [0.05, 0.1) is 5.52 Å². The first-order valence-electron chi connectivity index (χ1n) is 17.9. The fraction of sp³-hybridized carbons (Fsp3) is 0.356. The van der Waals surface area contributed by atoms with E-state index >= 15 is 0 Å². The Morgan fingerprint density at radius 2 is 1.60 bits per heavy atom. The first kappa shape index (κ1) is 36.1. The summed E-state index contributed by atoms with van der Waals surface area (Å²) >= 11 is 0. The monoisotopic (exact) mass is 869 g/mol. The summed E-state index contributed by atoms with van der Waals surface area (Å²) in [5, 5.41) is 2.28. The van der Waals surface area contributed by atoms with E-state index in [1.807, 2.05) is 18.3 Å². The predicted octanol–water partition coefficient (Wildman–Crippen LogP) is 10.5. The Kier molecular flexibility index (Phi) is 8.24. The van der Waals surface area contributed by atoms with Crippen LogP contribution in [-0.2, 0) is 42.2 Å². The summed E-state index contributed by atoms with van der Waals surface area (Å²) in [6, 6.07) is 26.5. The molecule has 2 aliphatic rings. The van der Waals surface area contributed by atoms with Gasteiger partial charge in [0.15, 0.2) is 0 Å². The average Bonchev–Trinajstić information content (AvgIpc) is 3.57. The fourth-order valence-electron chi connectivity index (χ4n) is 8.63. The van der Waals surface area contributed by atoms with Crippen LogP contribution in [0.3, 0.4) is 0 Å². The molecular weight excluding hydrogens is 824 g/mol.